The summed E-state index contributed by atoms with van der Waals surface area (Å²) in [6.45, 7) is 17.8. The molecule has 0 radical (unpaired) electrons. The van der Waals surface area contributed by atoms with Crippen molar-refractivity contribution in [2.45, 2.75) is 181 Å². The highest BCUT2D eigenvalue weighted by Crippen LogP contribution is 2.15. The van der Waals surface area contributed by atoms with Crippen molar-refractivity contribution in [3.63, 3.8) is 0 Å². The highest BCUT2D eigenvalue weighted by molar-refractivity contribution is 5.98. The third kappa shape index (κ3) is 21.3. The summed E-state index contributed by atoms with van der Waals surface area (Å²) in [5, 5.41) is 21.5. The first-order valence-electron chi connectivity index (χ1n) is 24.8. The van der Waals surface area contributed by atoms with Gasteiger partial charge in [0.25, 0.3) is 0 Å². The number of hydrogen-bond donors (Lipinski definition) is 14. The molecule has 0 saturated heterocycles. The molecule has 0 aromatic carbocycles. The Hall–Kier alpha value is -4.97. The zero-order valence-corrected chi connectivity index (χ0v) is 42.9. The molecule has 23 heteroatoms. The van der Waals surface area contributed by atoms with Crippen molar-refractivity contribution in [2.75, 3.05) is 26.2 Å². The minimum Gasteiger partial charge on any atom is -0.368 e. The molecule has 0 rings (SSSR count). The van der Waals surface area contributed by atoms with E-state index in [4.69, 9.17) is 34.4 Å². The second-order valence-electron chi connectivity index (χ2n) is 18.4. The number of amides is 9. The molecule has 0 saturated carbocycles. The molecule has 0 heterocycles. The van der Waals surface area contributed by atoms with Crippen molar-refractivity contribution in [1.82, 2.24) is 42.5 Å². The second kappa shape index (κ2) is 33.5. The van der Waals surface area contributed by atoms with Gasteiger partial charge in [-0.2, -0.15) is 0 Å². The predicted molar refractivity (Wildman–Crippen MR) is 265 cm³/mol. The summed E-state index contributed by atoms with van der Waals surface area (Å²) < 4.78 is 0. The van der Waals surface area contributed by atoms with Crippen LogP contribution in [0.25, 0.3) is 0 Å². The number of primary amides is 1. The zero-order chi connectivity index (χ0) is 53.1. The molecule has 9 amide bonds. The molecular formula is C46H90N14O9. The van der Waals surface area contributed by atoms with Crippen LogP contribution in [0, 0.1) is 29.6 Å². The summed E-state index contributed by atoms with van der Waals surface area (Å²) in [4.78, 5) is 122. The molecule has 69 heavy (non-hydrogen) atoms. The van der Waals surface area contributed by atoms with Crippen LogP contribution in [0.5, 0.6) is 0 Å². The van der Waals surface area contributed by atoms with Crippen molar-refractivity contribution in [2.24, 2.45) is 64.0 Å². The molecule has 0 aliphatic rings. The average molecular weight is 983 g/mol. The SMILES string of the molecule is CC[C@H](C)[C@H](N)C(=O)N[C@@H](CCN)C(=O)N[C@H](C(=O)N[C@@H](CCN)C(=O)N[C@H](C(=O)N[C@@H](CCN)C(=O)N[C@H](C(=O)N[C@@H](CCN)C(=O)N[C@H](C(N)=O)[C@@H](C)CC)[C@@H](C)CC)[C@@H](C)CC)[C@@H](C)CC. The van der Waals surface area contributed by atoms with Crippen molar-refractivity contribution < 1.29 is 43.2 Å². The Morgan fingerprint density at radius 3 is 0.768 bits per heavy atom. The van der Waals surface area contributed by atoms with Crippen molar-refractivity contribution >= 4 is 53.2 Å². The van der Waals surface area contributed by atoms with Crippen LogP contribution >= 0.6 is 0 Å². The fraction of sp³-hybridized carbons (Fsp3) is 0.804. The quantitative estimate of drug-likeness (QED) is 0.0308. The summed E-state index contributed by atoms with van der Waals surface area (Å²) in [7, 11) is 0. The molecule has 0 aliphatic heterocycles. The van der Waals surface area contributed by atoms with E-state index < -0.39 is 125 Å². The Morgan fingerprint density at radius 2 is 0.551 bits per heavy atom. The van der Waals surface area contributed by atoms with Gasteiger partial charge in [-0.25, -0.2) is 0 Å². The summed E-state index contributed by atoms with van der Waals surface area (Å²) in [5.74, 6) is -8.15. The monoisotopic (exact) mass is 983 g/mol. The number of carbonyl (C=O) groups is 9. The maximum Gasteiger partial charge on any atom is 0.243 e. The van der Waals surface area contributed by atoms with Gasteiger partial charge in [0.1, 0.15) is 48.3 Å². The van der Waals surface area contributed by atoms with Gasteiger partial charge in [-0.15, -0.1) is 0 Å². The first-order valence-corrected chi connectivity index (χ1v) is 24.8. The molecule has 23 nitrogen and oxygen atoms in total. The van der Waals surface area contributed by atoms with Gasteiger partial charge in [0, 0.05) is 0 Å². The van der Waals surface area contributed by atoms with Crippen LogP contribution in [0.3, 0.4) is 0 Å². The smallest absolute Gasteiger partial charge is 0.243 e. The third-order valence-electron chi connectivity index (χ3n) is 13.1. The van der Waals surface area contributed by atoms with E-state index in [0.29, 0.717) is 32.1 Å². The van der Waals surface area contributed by atoms with Crippen LogP contribution in [0.15, 0.2) is 0 Å². The third-order valence-corrected chi connectivity index (χ3v) is 13.1. The summed E-state index contributed by atoms with van der Waals surface area (Å²) in [6.07, 6.45) is 2.40. The van der Waals surface area contributed by atoms with Crippen molar-refractivity contribution in [3.8, 4) is 0 Å². The molecule has 0 aliphatic carbocycles. The first-order chi connectivity index (χ1) is 32.5. The Morgan fingerprint density at radius 1 is 0.333 bits per heavy atom. The minimum atomic E-state index is -1.28. The molecule has 398 valence electrons. The van der Waals surface area contributed by atoms with Gasteiger partial charge in [-0.05, 0) is 81.5 Å². The van der Waals surface area contributed by atoms with Crippen LogP contribution in [0.4, 0.5) is 0 Å². The summed E-state index contributed by atoms with van der Waals surface area (Å²) in [5.41, 5.74) is 35.0. The fourth-order valence-electron chi connectivity index (χ4n) is 7.16. The first kappa shape index (κ1) is 64.0. The van der Waals surface area contributed by atoms with Gasteiger partial charge in [-0.1, -0.05) is 101 Å². The van der Waals surface area contributed by atoms with Crippen LogP contribution in [0.2, 0.25) is 0 Å². The molecule has 0 bridgehead atoms. The second-order valence-corrected chi connectivity index (χ2v) is 18.4. The average Bonchev–Trinajstić information content (AvgIpc) is 3.32. The fourth-order valence-corrected chi connectivity index (χ4v) is 7.16. The van der Waals surface area contributed by atoms with Crippen molar-refractivity contribution in [1.29, 1.82) is 0 Å². The lowest BCUT2D eigenvalue weighted by atomic mass is 9.95. The number of nitrogens with one attached hydrogen (secondary N) is 8. The van der Waals surface area contributed by atoms with E-state index in [9.17, 15) is 43.2 Å². The molecule has 0 unspecified atom stereocenters. The normalized spacial score (nSPS) is 17.4. The standard InChI is InChI=1S/C46H90N14O9/c1-11-24(6)33(51)43(66)53-29(16-20-47)40(63)58-35(26(8)13-3)45(68)55-31(18-22-49)42(65)60-37(28(10)15-5)46(69)56-32(19-23-50)41(64)59-36(27(9)14-4)44(67)54-30(17-21-48)39(62)57-34(38(52)61)25(7)12-2/h24-37H,11-23,47-51H2,1-10H3,(H2,52,61)(H,53,66)(H,54,67)(H,55,68)(H,56,69)(H,57,62)(H,58,63)(H,59,64)(H,60,65)/t24-,25-,26-,27-,28-,29-,30-,31-,32-,33-,34-,35-,36-,37-/m0/s1. The van der Waals surface area contributed by atoms with E-state index in [-0.39, 0.29) is 63.7 Å². The lowest BCUT2D eigenvalue weighted by Gasteiger charge is -2.31. The van der Waals surface area contributed by atoms with Crippen LogP contribution in [-0.4, -0.2) is 134 Å². The maximum absolute atomic E-state index is 14.1. The Labute approximate surface area is 409 Å². The van der Waals surface area contributed by atoms with Gasteiger partial charge in [0.2, 0.25) is 53.2 Å². The number of carbonyl (C=O) groups excluding carboxylic acids is 9. The Kier molecular flexibility index (Phi) is 31.1. The Balaban J connectivity index is 6.46. The van der Waals surface area contributed by atoms with E-state index in [1.807, 2.05) is 27.7 Å². The molecule has 14 atom stereocenters. The van der Waals surface area contributed by atoms with E-state index in [0.717, 1.165) is 0 Å². The summed E-state index contributed by atoms with van der Waals surface area (Å²) in [6, 6.07) is -10.3. The predicted octanol–water partition coefficient (Wildman–Crippen LogP) is -2.70. The number of hydrogen-bond acceptors (Lipinski definition) is 14. The largest absolute Gasteiger partial charge is 0.368 e. The topological polar surface area (TPSA) is 406 Å². The minimum absolute atomic E-state index is 0.00496. The van der Waals surface area contributed by atoms with E-state index in [2.05, 4.69) is 42.5 Å². The van der Waals surface area contributed by atoms with Crippen molar-refractivity contribution in [3.05, 3.63) is 0 Å². The highest BCUT2D eigenvalue weighted by Gasteiger charge is 2.37. The zero-order valence-electron chi connectivity index (χ0n) is 42.9. The molecule has 20 N–H and O–H groups in total. The van der Waals surface area contributed by atoms with Gasteiger partial charge in [0.05, 0.1) is 6.04 Å². The number of nitrogens with two attached hydrogens (primary N) is 6. The molecule has 0 spiro atoms. The molecule has 0 aromatic heterocycles. The lowest BCUT2D eigenvalue weighted by Crippen LogP contribution is -2.62. The molecule has 0 fully saturated rings. The van der Waals surface area contributed by atoms with E-state index >= 15 is 0 Å². The Bertz CT molecular complexity index is 1660. The van der Waals surface area contributed by atoms with E-state index in [1.54, 1.807) is 41.5 Å². The van der Waals surface area contributed by atoms with Gasteiger partial charge < -0.3 is 76.9 Å². The van der Waals surface area contributed by atoms with Gasteiger partial charge >= 0.3 is 0 Å². The molecular weight excluding hydrogens is 893 g/mol. The lowest BCUT2D eigenvalue weighted by molar-refractivity contribution is -0.137. The number of rotatable bonds is 35. The molecule has 0 aromatic rings. The van der Waals surface area contributed by atoms with E-state index in [1.165, 1.54) is 0 Å². The highest BCUT2D eigenvalue weighted by atomic mass is 16.2. The van der Waals surface area contributed by atoms with Gasteiger partial charge in [-0.3, -0.25) is 43.2 Å². The summed E-state index contributed by atoms with van der Waals surface area (Å²) >= 11 is 0. The van der Waals surface area contributed by atoms with Crippen LogP contribution < -0.4 is 76.9 Å². The van der Waals surface area contributed by atoms with Crippen LogP contribution in [0.1, 0.15) is 127 Å². The van der Waals surface area contributed by atoms with Crippen LogP contribution in [-0.2, 0) is 43.2 Å². The maximum atomic E-state index is 14.1. The van der Waals surface area contributed by atoms with Gasteiger partial charge in [0.15, 0.2) is 0 Å².